The van der Waals surface area contributed by atoms with Crippen LogP contribution in [0, 0.1) is 13.8 Å². The van der Waals surface area contributed by atoms with E-state index in [0.29, 0.717) is 19.5 Å². The Morgan fingerprint density at radius 1 is 1.32 bits per heavy atom. The van der Waals surface area contributed by atoms with Gasteiger partial charge in [0, 0.05) is 24.4 Å². The van der Waals surface area contributed by atoms with Crippen molar-refractivity contribution in [3.8, 4) is 0 Å². The molecule has 3 nitrogen and oxygen atoms in total. The van der Waals surface area contributed by atoms with E-state index in [0.717, 1.165) is 25.9 Å². The second-order valence-corrected chi connectivity index (χ2v) is 7.95. The average Bonchev–Trinajstić information content (AvgIpc) is 3.27. The lowest BCUT2D eigenvalue weighted by Crippen LogP contribution is -2.36. The lowest BCUT2D eigenvalue weighted by atomic mass is 10.0. The van der Waals surface area contributed by atoms with Crippen molar-refractivity contribution >= 4 is 17.2 Å². The van der Waals surface area contributed by atoms with Crippen LogP contribution in [0.2, 0.25) is 0 Å². The van der Waals surface area contributed by atoms with Crippen molar-refractivity contribution in [1.29, 1.82) is 0 Å². The van der Waals surface area contributed by atoms with E-state index in [-0.39, 0.29) is 12.0 Å². The number of rotatable bonds is 7. The summed E-state index contributed by atoms with van der Waals surface area (Å²) < 4.78 is 5.76. The highest BCUT2D eigenvalue weighted by atomic mass is 32.1. The number of hydrogen-bond acceptors (Lipinski definition) is 3. The van der Waals surface area contributed by atoms with E-state index in [1.807, 2.05) is 11.0 Å². The van der Waals surface area contributed by atoms with Crippen molar-refractivity contribution in [2.75, 3.05) is 13.2 Å². The van der Waals surface area contributed by atoms with Crippen LogP contribution in [0.1, 0.15) is 40.8 Å². The second-order valence-electron chi connectivity index (χ2n) is 6.92. The third kappa shape index (κ3) is 5.16. The number of hydrogen-bond donors (Lipinski definition) is 0. The van der Waals surface area contributed by atoms with E-state index in [2.05, 4.69) is 43.5 Å². The quantitative estimate of drug-likeness (QED) is 0.730. The number of carbonyl (C=O) groups excluding carboxylic acids is 1. The average molecular weight is 358 g/mol. The van der Waals surface area contributed by atoms with Gasteiger partial charge in [-0.25, -0.2) is 0 Å². The summed E-state index contributed by atoms with van der Waals surface area (Å²) in [7, 11) is 0. The SMILES string of the molecule is Cc1ccc(CCC(=O)N(Cc2cccs2)CC2CCCO2)c(C)c1. The fourth-order valence-electron chi connectivity index (χ4n) is 3.41. The lowest BCUT2D eigenvalue weighted by molar-refractivity contribution is -0.133. The molecule has 4 heteroatoms. The van der Waals surface area contributed by atoms with E-state index < -0.39 is 0 Å². The Morgan fingerprint density at radius 2 is 2.20 bits per heavy atom. The molecule has 1 amide bonds. The van der Waals surface area contributed by atoms with Gasteiger partial charge < -0.3 is 9.64 Å². The first-order chi connectivity index (χ1) is 12.1. The van der Waals surface area contributed by atoms with Crippen molar-refractivity contribution in [1.82, 2.24) is 4.90 Å². The molecule has 2 heterocycles. The maximum absolute atomic E-state index is 12.9. The Bertz CT molecular complexity index is 690. The zero-order valence-electron chi connectivity index (χ0n) is 15.2. The number of amides is 1. The van der Waals surface area contributed by atoms with Gasteiger partial charge in [-0.3, -0.25) is 4.79 Å². The van der Waals surface area contributed by atoms with Crippen LogP contribution in [-0.2, 0) is 22.5 Å². The first-order valence-corrected chi connectivity index (χ1v) is 9.97. The van der Waals surface area contributed by atoms with Crippen LogP contribution in [-0.4, -0.2) is 30.1 Å². The maximum Gasteiger partial charge on any atom is 0.223 e. The predicted octanol–water partition coefficient (Wildman–Crippen LogP) is 4.51. The molecule has 3 rings (SSSR count). The number of nitrogens with zero attached hydrogens (tertiary/aromatic N) is 1. The van der Waals surface area contributed by atoms with E-state index in [1.54, 1.807) is 11.3 Å². The second kappa shape index (κ2) is 8.63. The summed E-state index contributed by atoms with van der Waals surface area (Å²) in [5.41, 5.74) is 3.81. The molecule has 25 heavy (non-hydrogen) atoms. The van der Waals surface area contributed by atoms with Gasteiger partial charge in [-0.2, -0.15) is 0 Å². The molecule has 1 aromatic heterocycles. The normalized spacial score (nSPS) is 17.0. The largest absolute Gasteiger partial charge is 0.376 e. The molecular weight excluding hydrogens is 330 g/mol. The highest BCUT2D eigenvalue weighted by molar-refractivity contribution is 7.09. The smallest absolute Gasteiger partial charge is 0.223 e. The van der Waals surface area contributed by atoms with Gasteiger partial charge in [0.2, 0.25) is 5.91 Å². The summed E-state index contributed by atoms with van der Waals surface area (Å²) in [4.78, 5) is 16.1. The van der Waals surface area contributed by atoms with Gasteiger partial charge in [-0.1, -0.05) is 29.8 Å². The maximum atomic E-state index is 12.9. The Morgan fingerprint density at radius 3 is 2.88 bits per heavy atom. The molecule has 1 aromatic carbocycles. The Labute approximate surface area is 154 Å². The molecule has 0 spiro atoms. The zero-order chi connectivity index (χ0) is 17.6. The summed E-state index contributed by atoms with van der Waals surface area (Å²) in [5, 5.41) is 2.07. The minimum Gasteiger partial charge on any atom is -0.376 e. The van der Waals surface area contributed by atoms with Gasteiger partial charge in [0.1, 0.15) is 0 Å². The first kappa shape index (κ1) is 18.2. The van der Waals surface area contributed by atoms with Gasteiger partial charge in [0.15, 0.2) is 0 Å². The minimum atomic E-state index is 0.199. The van der Waals surface area contributed by atoms with Gasteiger partial charge in [-0.15, -0.1) is 11.3 Å². The molecule has 0 radical (unpaired) electrons. The number of carbonyl (C=O) groups is 1. The highest BCUT2D eigenvalue weighted by Crippen LogP contribution is 2.19. The third-order valence-corrected chi connectivity index (χ3v) is 5.69. The topological polar surface area (TPSA) is 29.5 Å². The van der Waals surface area contributed by atoms with Gasteiger partial charge in [0.05, 0.1) is 12.6 Å². The minimum absolute atomic E-state index is 0.199. The number of benzene rings is 1. The molecule has 2 aromatic rings. The molecule has 0 aliphatic carbocycles. The molecule has 1 atom stereocenters. The molecule has 1 aliphatic rings. The van der Waals surface area contributed by atoms with Crippen LogP contribution in [0.5, 0.6) is 0 Å². The summed E-state index contributed by atoms with van der Waals surface area (Å²) in [5.74, 6) is 0.226. The zero-order valence-corrected chi connectivity index (χ0v) is 16.0. The molecule has 0 N–H and O–H groups in total. The van der Waals surface area contributed by atoms with Crippen molar-refractivity contribution < 1.29 is 9.53 Å². The summed E-state index contributed by atoms with van der Waals surface area (Å²) in [6, 6.07) is 10.6. The molecule has 0 bridgehead atoms. The fraction of sp³-hybridized carbons (Fsp3) is 0.476. The summed E-state index contributed by atoms with van der Waals surface area (Å²) in [6.07, 6.45) is 3.73. The van der Waals surface area contributed by atoms with Crippen LogP contribution in [0.3, 0.4) is 0 Å². The molecular formula is C21H27NO2S. The number of thiophene rings is 1. The molecule has 134 valence electrons. The third-order valence-electron chi connectivity index (χ3n) is 4.83. The molecule has 1 aliphatic heterocycles. The van der Waals surface area contributed by atoms with E-state index in [9.17, 15) is 4.79 Å². The van der Waals surface area contributed by atoms with E-state index in [1.165, 1.54) is 21.6 Å². The molecule has 1 unspecified atom stereocenters. The number of ether oxygens (including phenoxy) is 1. The Balaban J connectivity index is 1.62. The summed E-state index contributed by atoms with van der Waals surface area (Å²) in [6.45, 7) is 6.47. The fourth-order valence-corrected chi connectivity index (χ4v) is 4.12. The number of aryl methyl sites for hydroxylation is 3. The molecule has 1 fully saturated rings. The van der Waals surface area contributed by atoms with E-state index in [4.69, 9.17) is 4.74 Å². The van der Waals surface area contributed by atoms with Crippen molar-refractivity contribution in [3.05, 3.63) is 57.3 Å². The Kier molecular flexibility index (Phi) is 6.27. The van der Waals surface area contributed by atoms with Gasteiger partial charge in [0.25, 0.3) is 0 Å². The lowest BCUT2D eigenvalue weighted by Gasteiger charge is -2.25. The first-order valence-electron chi connectivity index (χ1n) is 9.09. The monoisotopic (exact) mass is 357 g/mol. The van der Waals surface area contributed by atoms with Crippen LogP contribution in [0.25, 0.3) is 0 Å². The Hall–Kier alpha value is -1.65. The molecule has 1 saturated heterocycles. The summed E-state index contributed by atoms with van der Waals surface area (Å²) >= 11 is 1.71. The van der Waals surface area contributed by atoms with Crippen molar-refractivity contribution in [2.24, 2.45) is 0 Å². The van der Waals surface area contributed by atoms with Gasteiger partial charge in [-0.05, 0) is 55.7 Å². The van der Waals surface area contributed by atoms with Crippen molar-refractivity contribution in [3.63, 3.8) is 0 Å². The van der Waals surface area contributed by atoms with Crippen LogP contribution in [0.15, 0.2) is 35.7 Å². The van der Waals surface area contributed by atoms with Crippen molar-refractivity contribution in [2.45, 2.75) is 52.2 Å². The van der Waals surface area contributed by atoms with Crippen LogP contribution >= 0.6 is 11.3 Å². The highest BCUT2D eigenvalue weighted by Gasteiger charge is 2.23. The standard InChI is InChI=1S/C21H27NO2S/c1-16-7-8-18(17(2)13-16)9-10-21(23)22(14-19-5-3-11-24-19)15-20-6-4-12-25-20/h4,6-8,12-13,19H,3,5,9-11,14-15H2,1-2H3. The molecule has 0 saturated carbocycles. The van der Waals surface area contributed by atoms with Gasteiger partial charge >= 0.3 is 0 Å². The predicted molar refractivity (Wildman–Crippen MR) is 103 cm³/mol. The van der Waals surface area contributed by atoms with Crippen LogP contribution < -0.4 is 0 Å². The van der Waals surface area contributed by atoms with E-state index >= 15 is 0 Å². The van der Waals surface area contributed by atoms with Crippen LogP contribution in [0.4, 0.5) is 0 Å².